The fraction of sp³-hybridized carbons (Fsp3) is 0.481. The summed E-state index contributed by atoms with van der Waals surface area (Å²) in [6.07, 6.45) is 1.95. The molecule has 0 bridgehead atoms. The van der Waals surface area contributed by atoms with E-state index < -0.39 is 5.60 Å². The van der Waals surface area contributed by atoms with Crippen LogP contribution in [0, 0.1) is 0 Å². The maximum atomic E-state index is 12.7. The van der Waals surface area contributed by atoms with Crippen LogP contribution < -0.4 is 4.74 Å². The molecule has 182 valence electrons. The van der Waals surface area contributed by atoms with E-state index in [2.05, 4.69) is 0 Å². The molecule has 34 heavy (non-hydrogen) atoms. The number of hydrogen-bond acceptors (Lipinski definition) is 5. The number of carbonyl (C=O) groups is 2. The molecule has 2 heterocycles. The number of fused-ring (bicyclic) bond motifs is 1. The minimum absolute atomic E-state index is 0.0130. The largest absolute Gasteiger partial charge is 0.491 e. The first-order chi connectivity index (χ1) is 16.3. The summed E-state index contributed by atoms with van der Waals surface area (Å²) in [4.78, 5) is 28.7. The van der Waals surface area contributed by atoms with E-state index in [0.717, 1.165) is 35.3 Å². The molecule has 4 rings (SSSR count). The van der Waals surface area contributed by atoms with Crippen LogP contribution in [0.1, 0.15) is 50.3 Å². The van der Waals surface area contributed by atoms with Crippen molar-refractivity contribution in [3.05, 3.63) is 65.2 Å². The average molecular weight is 467 g/mol. The first-order valence-corrected chi connectivity index (χ1v) is 12.0. The summed E-state index contributed by atoms with van der Waals surface area (Å²) in [6, 6.07) is 15.6. The summed E-state index contributed by atoms with van der Waals surface area (Å²) in [5.74, 6) is 0.825. The Morgan fingerprint density at radius 2 is 1.79 bits per heavy atom. The van der Waals surface area contributed by atoms with Crippen molar-refractivity contribution in [1.82, 2.24) is 9.80 Å². The number of benzene rings is 2. The molecule has 2 aromatic rings. The number of nitrogens with zero attached hydrogens (tertiary/aromatic N) is 2. The minimum Gasteiger partial charge on any atom is -0.491 e. The van der Waals surface area contributed by atoms with E-state index in [1.807, 2.05) is 69.3 Å². The lowest BCUT2D eigenvalue weighted by Gasteiger charge is -2.32. The molecule has 0 N–H and O–H groups in total. The maximum Gasteiger partial charge on any atom is 0.410 e. The average Bonchev–Trinajstić information content (AvgIpc) is 3.29. The maximum absolute atomic E-state index is 12.7. The number of rotatable bonds is 5. The lowest BCUT2D eigenvalue weighted by atomic mass is 9.99. The van der Waals surface area contributed by atoms with E-state index in [1.165, 1.54) is 0 Å². The van der Waals surface area contributed by atoms with Crippen LogP contribution in [0.2, 0.25) is 0 Å². The van der Waals surface area contributed by atoms with Gasteiger partial charge in [-0.1, -0.05) is 42.5 Å². The van der Waals surface area contributed by atoms with Crippen molar-refractivity contribution in [2.45, 2.75) is 64.8 Å². The molecule has 0 spiro atoms. The van der Waals surface area contributed by atoms with Gasteiger partial charge in [-0.15, -0.1) is 0 Å². The number of carbonyl (C=O) groups excluding carboxylic acids is 2. The van der Waals surface area contributed by atoms with Crippen molar-refractivity contribution in [3.8, 4) is 5.75 Å². The summed E-state index contributed by atoms with van der Waals surface area (Å²) in [6.45, 7) is 8.08. The molecule has 0 aromatic heterocycles. The van der Waals surface area contributed by atoms with Crippen LogP contribution in [0.25, 0.3) is 0 Å². The molecule has 0 saturated carbocycles. The Labute approximate surface area is 201 Å². The van der Waals surface area contributed by atoms with Crippen molar-refractivity contribution >= 4 is 12.2 Å². The molecular weight excluding hydrogens is 432 g/mol. The Morgan fingerprint density at radius 1 is 1.00 bits per heavy atom. The molecule has 1 saturated heterocycles. The zero-order chi connectivity index (χ0) is 24.1. The highest BCUT2D eigenvalue weighted by atomic mass is 16.6. The highest BCUT2D eigenvalue weighted by Gasteiger charge is 2.31. The molecule has 7 nitrogen and oxygen atoms in total. The zero-order valence-electron chi connectivity index (χ0n) is 20.3. The van der Waals surface area contributed by atoms with Crippen LogP contribution in [-0.4, -0.2) is 53.3 Å². The number of likely N-dealkylation sites (tertiary alicyclic amines) is 1. The summed E-state index contributed by atoms with van der Waals surface area (Å²) in [5, 5.41) is 0. The molecule has 2 aliphatic rings. The first-order valence-electron chi connectivity index (χ1n) is 12.0. The van der Waals surface area contributed by atoms with Gasteiger partial charge in [0.25, 0.3) is 0 Å². The Bertz CT molecular complexity index is 1000. The predicted octanol–water partition coefficient (Wildman–Crippen LogP) is 5.16. The van der Waals surface area contributed by atoms with Crippen molar-refractivity contribution in [3.63, 3.8) is 0 Å². The van der Waals surface area contributed by atoms with Crippen LogP contribution in [0.3, 0.4) is 0 Å². The Morgan fingerprint density at radius 3 is 2.56 bits per heavy atom. The van der Waals surface area contributed by atoms with E-state index in [0.29, 0.717) is 32.7 Å². The second kappa shape index (κ2) is 10.4. The molecule has 2 aliphatic heterocycles. The second-order valence-corrected chi connectivity index (χ2v) is 9.89. The quantitative estimate of drug-likeness (QED) is 0.609. The van der Waals surface area contributed by atoms with Crippen molar-refractivity contribution in [2.75, 3.05) is 19.7 Å². The molecule has 7 heteroatoms. The first kappa shape index (κ1) is 23.9. The van der Waals surface area contributed by atoms with Gasteiger partial charge in [-0.25, -0.2) is 9.59 Å². The van der Waals surface area contributed by atoms with Crippen LogP contribution >= 0.6 is 0 Å². The van der Waals surface area contributed by atoms with E-state index in [4.69, 9.17) is 14.2 Å². The van der Waals surface area contributed by atoms with E-state index >= 15 is 0 Å². The second-order valence-electron chi connectivity index (χ2n) is 9.89. The molecule has 2 aromatic carbocycles. The summed E-state index contributed by atoms with van der Waals surface area (Å²) in [5.41, 5.74) is 2.65. The lowest BCUT2D eigenvalue weighted by Crippen LogP contribution is -2.40. The van der Waals surface area contributed by atoms with Crippen molar-refractivity contribution in [1.29, 1.82) is 0 Å². The smallest absolute Gasteiger partial charge is 0.410 e. The topological polar surface area (TPSA) is 68.3 Å². The van der Waals surface area contributed by atoms with Crippen molar-refractivity contribution < 1.29 is 23.8 Å². The van der Waals surface area contributed by atoms with Gasteiger partial charge in [0.2, 0.25) is 0 Å². The number of amides is 2. The third-order valence-corrected chi connectivity index (χ3v) is 6.12. The minimum atomic E-state index is -0.516. The summed E-state index contributed by atoms with van der Waals surface area (Å²) < 4.78 is 17.3. The van der Waals surface area contributed by atoms with Gasteiger partial charge in [-0.3, -0.25) is 0 Å². The number of ether oxygens (including phenoxy) is 3. The van der Waals surface area contributed by atoms with E-state index in [9.17, 15) is 9.59 Å². The Kier molecular flexibility index (Phi) is 7.29. The van der Waals surface area contributed by atoms with Crippen LogP contribution in [0.15, 0.2) is 48.5 Å². The third-order valence-electron chi connectivity index (χ3n) is 6.12. The predicted molar refractivity (Wildman–Crippen MR) is 129 cm³/mol. The van der Waals surface area contributed by atoms with Gasteiger partial charge in [0.1, 0.15) is 24.6 Å². The van der Waals surface area contributed by atoms with Crippen LogP contribution in [-0.2, 0) is 29.0 Å². The van der Waals surface area contributed by atoms with Gasteiger partial charge in [-0.2, -0.15) is 0 Å². The van der Waals surface area contributed by atoms with Crippen LogP contribution in [0.5, 0.6) is 5.75 Å². The molecule has 0 aliphatic carbocycles. The fourth-order valence-corrected chi connectivity index (χ4v) is 4.43. The van der Waals surface area contributed by atoms with E-state index in [1.54, 1.807) is 9.80 Å². The molecular formula is C27H34N2O5. The molecule has 1 atom stereocenters. The van der Waals surface area contributed by atoms with Crippen molar-refractivity contribution in [2.24, 2.45) is 0 Å². The standard InChI is InChI=1S/C27H34N2O5/c1-27(2,3)34-25(30)28-16-14-23-21(17-28)11-7-13-24(23)32-19-22-12-8-15-29(22)26(31)33-18-20-9-5-4-6-10-20/h4-7,9-11,13,22H,8,12,14-19H2,1-3H3/t22-/m1/s1. The molecule has 0 radical (unpaired) electrons. The highest BCUT2D eigenvalue weighted by molar-refractivity contribution is 5.69. The fourth-order valence-electron chi connectivity index (χ4n) is 4.43. The van der Waals surface area contributed by atoms with Gasteiger partial charge >= 0.3 is 12.2 Å². The zero-order valence-corrected chi connectivity index (χ0v) is 20.3. The number of hydrogen-bond donors (Lipinski definition) is 0. The summed E-state index contributed by atoms with van der Waals surface area (Å²) in [7, 11) is 0. The SMILES string of the molecule is CC(C)(C)OC(=O)N1CCc2c(cccc2OC[C@H]2CCCN2C(=O)OCc2ccccc2)C1. The Balaban J connectivity index is 1.33. The van der Waals surface area contributed by atoms with E-state index in [-0.39, 0.29) is 24.8 Å². The van der Waals surface area contributed by atoms with Gasteiger partial charge < -0.3 is 24.0 Å². The summed E-state index contributed by atoms with van der Waals surface area (Å²) >= 11 is 0. The normalized spacial score (nSPS) is 17.8. The molecule has 1 fully saturated rings. The van der Waals surface area contributed by atoms with Gasteiger partial charge in [-0.05, 0) is 57.2 Å². The Hall–Kier alpha value is -3.22. The lowest BCUT2D eigenvalue weighted by molar-refractivity contribution is 0.0223. The van der Waals surface area contributed by atoms with Gasteiger partial charge in [0, 0.05) is 25.2 Å². The molecule has 2 amide bonds. The third kappa shape index (κ3) is 6.01. The van der Waals surface area contributed by atoms with Gasteiger partial charge in [0.15, 0.2) is 0 Å². The van der Waals surface area contributed by atoms with Crippen LogP contribution in [0.4, 0.5) is 9.59 Å². The van der Waals surface area contributed by atoms with Gasteiger partial charge in [0.05, 0.1) is 6.04 Å². The monoisotopic (exact) mass is 466 g/mol. The molecule has 0 unspecified atom stereocenters. The highest BCUT2D eigenvalue weighted by Crippen LogP contribution is 2.30.